The molecule has 9 aromatic rings. The zero-order valence-corrected chi connectivity index (χ0v) is 36.3. The first-order valence-electron chi connectivity index (χ1n) is 22.1. The molecule has 0 amide bonds. The second-order valence-corrected chi connectivity index (χ2v) is 16.2. The van der Waals surface area contributed by atoms with Crippen molar-refractivity contribution in [1.29, 1.82) is 0 Å². The fourth-order valence-electron chi connectivity index (χ4n) is 9.21. The molecule has 4 atom stereocenters. The van der Waals surface area contributed by atoms with Gasteiger partial charge in [0.25, 0.3) is 0 Å². The van der Waals surface area contributed by atoms with Gasteiger partial charge in [0.15, 0.2) is 29.4 Å². The smallest absolute Gasteiger partial charge is 0.167 e. The third-order valence-corrected chi connectivity index (χ3v) is 12.4. The summed E-state index contributed by atoms with van der Waals surface area (Å²) in [5, 5.41) is 3.85. The molecular formula is C56H48FN5O4. The molecule has 2 aromatic heterocycles. The molecule has 7 aromatic carbocycles. The molecule has 10 rings (SSSR count). The Hall–Kier alpha value is -7.50. The fourth-order valence-corrected chi connectivity index (χ4v) is 9.21. The fraction of sp³-hybridized carbons (Fsp3) is 0.161. The second kappa shape index (κ2) is 18.9. The van der Waals surface area contributed by atoms with Crippen LogP contribution in [0, 0.1) is 0 Å². The summed E-state index contributed by atoms with van der Waals surface area (Å²) in [5.41, 5.74) is 5.48. The number of hydrogen-bond donors (Lipinski definition) is 1. The molecule has 0 unspecified atom stereocenters. The van der Waals surface area contributed by atoms with Crippen LogP contribution in [0.5, 0.6) is 5.75 Å². The molecule has 1 aliphatic rings. The van der Waals surface area contributed by atoms with Gasteiger partial charge in [0.1, 0.15) is 35.4 Å². The minimum absolute atomic E-state index is 0.110. The quantitative estimate of drug-likeness (QED) is 0.0960. The van der Waals surface area contributed by atoms with Gasteiger partial charge in [-0.1, -0.05) is 194 Å². The van der Waals surface area contributed by atoms with Crippen molar-refractivity contribution in [3.05, 3.63) is 258 Å². The van der Waals surface area contributed by atoms with Crippen molar-refractivity contribution >= 4 is 17.0 Å². The lowest BCUT2D eigenvalue weighted by Gasteiger charge is -2.37. The van der Waals surface area contributed by atoms with Crippen LogP contribution in [-0.2, 0) is 32.0 Å². The Morgan fingerprint density at radius 1 is 0.591 bits per heavy atom. The molecule has 3 heterocycles. The summed E-state index contributed by atoms with van der Waals surface area (Å²) in [6.45, 7) is 0.00752. The van der Waals surface area contributed by atoms with Crippen LogP contribution < -0.4 is 10.1 Å². The average molecular weight is 874 g/mol. The van der Waals surface area contributed by atoms with Crippen molar-refractivity contribution in [2.45, 2.75) is 42.4 Å². The van der Waals surface area contributed by atoms with E-state index in [0.29, 0.717) is 22.7 Å². The van der Waals surface area contributed by atoms with Crippen molar-refractivity contribution in [3.8, 4) is 5.75 Å². The molecule has 9 nitrogen and oxygen atoms in total. The van der Waals surface area contributed by atoms with E-state index in [9.17, 15) is 0 Å². The van der Waals surface area contributed by atoms with Gasteiger partial charge in [0.2, 0.25) is 0 Å². The van der Waals surface area contributed by atoms with E-state index in [0.717, 1.165) is 38.9 Å². The Morgan fingerprint density at radius 2 is 1.06 bits per heavy atom. The maximum atomic E-state index is 17.5. The van der Waals surface area contributed by atoms with Gasteiger partial charge >= 0.3 is 0 Å². The van der Waals surface area contributed by atoms with Crippen LogP contribution in [0.3, 0.4) is 0 Å². The first-order chi connectivity index (χ1) is 32.6. The number of aromatic nitrogens is 4. The highest BCUT2D eigenvalue weighted by Gasteiger charge is 2.50. The van der Waals surface area contributed by atoms with Gasteiger partial charge in [-0.05, 0) is 51.1 Å². The van der Waals surface area contributed by atoms with Crippen molar-refractivity contribution in [1.82, 2.24) is 19.5 Å². The topological polar surface area (TPSA) is 92.5 Å². The van der Waals surface area contributed by atoms with E-state index in [1.807, 2.05) is 170 Å². The molecule has 1 N–H and O–H groups in total. The van der Waals surface area contributed by atoms with E-state index in [4.69, 9.17) is 33.9 Å². The number of nitrogens with one attached hydrogen (secondary N) is 1. The van der Waals surface area contributed by atoms with Crippen LogP contribution in [0.15, 0.2) is 219 Å². The number of benzene rings is 7. The van der Waals surface area contributed by atoms with Crippen LogP contribution in [0.1, 0.15) is 45.2 Å². The summed E-state index contributed by atoms with van der Waals surface area (Å²) in [6, 6.07) is 68.4. The Kier molecular flexibility index (Phi) is 12.2. The maximum absolute atomic E-state index is 17.5. The molecule has 1 fully saturated rings. The summed E-state index contributed by atoms with van der Waals surface area (Å²) in [6.07, 6.45) is -1.61. The number of ether oxygens (including phenoxy) is 4. The summed E-state index contributed by atoms with van der Waals surface area (Å²) < 4.78 is 45.2. The lowest BCUT2D eigenvalue weighted by atomic mass is 9.77. The standard InChI is InChI=1S/C56H48FN5O4/c1-63-47-34-32-40(33-35-47)36-64-51-49(57)48(37-65-56(44-26-14-5-15-27-44,45-28-16-6-17-29-45)46-30-18-7-19-31-46)66-54(51)62-39-60-50-52(58-38-59-53(50)62)61-55(41-20-8-2-9-21-41,42-22-10-3-11-23-42)43-24-12-4-13-25-43/h2-35,38-39,48-49,51,54H,36-37H2,1H3,(H,58,59,61)/t48-,49-,51-,54-/m1/s1. The third-order valence-electron chi connectivity index (χ3n) is 12.4. The van der Waals surface area contributed by atoms with Gasteiger partial charge in [-0.15, -0.1) is 0 Å². The number of fused-ring (bicyclic) bond motifs is 1. The van der Waals surface area contributed by atoms with Crippen molar-refractivity contribution < 1.29 is 23.3 Å². The van der Waals surface area contributed by atoms with Crippen LogP contribution in [0.2, 0.25) is 0 Å². The predicted molar refractivity (Wildman–Crippen MR) is 254 cm³/mol. The van der Waals surface area contributed by atoms with Gasteiger partial charge in [-0.2, -0.15) is 0 Å². The Bertz CT molecular complexity index is 2750. The van der Waals surface area contributed by atoms with Crippen LogP contribution in [0.4, 0.5) is 10.2 Å². The number of methoxy groups -OCH3 is 1. The van der Waals surface area contributed by atoms with E-state index in [2.05, 4.69) is 41.7 Å². The van der Waals surface area contributed by atoms with Crippen LogP contribution in [0.25, 0.3) is 11.2 Å². The largest absolute Gasteiger partial charge is 0.497 e. The molecule has 0 radical (unpaired) electrons. The zero-order valence-electron chi connectivity index (χ0n) is 36.3. The van der Waals surface area contributed by atoms with Gasteiger partial charge in [-0.3, -0.25) is 4.57 Å². The number of rotatable bonds is 16. The minimum atomic E-state index is -1.62. The molecule has 0 spiro atoms. The van der Waals surface area contributed by atoms with E-state index in [1.54, 1.807) is 18.0 Å². The molecule has 66 heavy (non-hydrogen) atoms. The molecular weight excluding hydrogens is 826 g/mol. The first-order valence-corrected chi connectivity index (χ1v) is 22.1. The summed E-state index contributed by atoms with van der Waals surface area (Å²) in [7, 11) is 1.62. The van der Waals surface area contributed by atoms with Crippen molar-refractivity contribution in [2.24, 2.45) is 0 Å². The van der Waals surface area contributed by atoms with Gasteiger partial charge < -0.3 is 24.3 Å². The maximum Gasteiger partial charge on any atom is 0.167 e. The number of alkyl halides is 1. The Labute approximate surface area is 383 Å². The Balaban J connectivity index is 1.04. The normalized spacial score (nSPS) is 17.4. The highest BCUT2D eigenvalue weighted by atomic mass is 19.1. The summed E-state index contributed by atoms with van der Waals surface area (Å²) >= 11 is 0. The highest BCUT2D eigenvalue weighted by molar-refractivity contribution is 5.84. The van der Waals surface area contributed by atoms with E-state index >= 15 is 4.39 Å². The molecule has 10 heteroatoms. The summed E-state index contributed by atoms with van der Waals surface area (Å²) in [5.74, 6) is 1.20. The second-order valence-electron chi connectivity index (χ2n) is 16.2. The monoisotopic (exact) mass is 873 g/mol. The van der Waals surface area contributed by atoms with Gasteiger partial charge in [0, 0.05) is 0 Å². The van der Waals surface area contributed by atoms with Crippen molar-refractivity contribution in [3.63, 3.8) is 0 Å². The first kappa shape index (κ1) is 42.5. The zero-order chi connectivity index (χ0) is 44.8. The average Bonchev–Trinajstić information content (AvgIpc) is 3.97. The van der Waals surface area contributed by atoms with Gasteiger partial charge in [-0.25, -0.2) is 19.3 Å². The van der Waals surface area contributed by atoms with Crippen LogP contribution >= 0.6 is 0 Å². The number of anilines is 1. The number of nitrogens with zero attached hydrogens (tertiary/aromatic N) is 4. The third kappa shape index (κ3) is 8.00. The van der Waals surface area contributed by atoms with Crippen LogP contribution in [-0.4, -0.2) is 51.6 Å². The van der Waals surface area contributed by atoms with Crippen molar-refractivity contribution in [2.75, 3.05) is 19.0 Å². The number of halogens is 1. The minimum Gasteiger partial charge on any atom is -0.497 e. The van der Waals surface area contributed by atoms with E-state index in [-0.39, 0.29) is 13.2 Å². The summed E-state index contributed by atoms with van der Waals surface area (Å²) in [4.78, 5) is 14.5. The lowest BCUT2D eigenvalue weighted by Crippen LogP contribution is -2.38. The van der Waals surface area contributed by atoms with E-state index < -0.39 is 35.7 Å². The predicted octanol–water partition coefficient (Wildman–Crippen LogP) is 11.1. The van der Waals surface area contributed by atoms with Gasteiger partial charge in [0.05, 0.1) is 26.7 Å². The lowest BCUT2D eigenvalue weighted by molar-refractivity contribution is -0.0955. The molecule has 328 valence electrons. The molecule has 0 saturated carbocycles. The molecule has 1 saturated heterocycles. The molecule has 0 aliphatic carbocycles. The number of imidazole rings is 1. The molecule has 0 bridgehead atoms. The molecule has 1 aliphatic heterocycles. The highest BCUT2D eigenvalue weighted by Crippen LogP contribution is 2.44. The Morgan fingerprint density at radius 3 is 1.53 bits per heavy atom. The SMILES string of the molecule is COc1ccc(CO[C@@H]2[C@H](F)[C@@H](COC(c3ccccc3)(c3ccccc3)c3ccccc3)O[C@H]2n2cnc3c(NC(c4ccccc4)(c4ccccc4)c4ccccc4)ncnc32)cc1. The number of hydrogen-bond acceptors (Lipinski definition) is 8. The van der Waals surface area contributed by atoms with E-state index in [1.165, 1.54) is 6.33 Å².